The van der Waals surface area contributed by atoms with Crippen LogP contribution in [-0.4, -0.2) is 6.61 Å². The topological polar surface area (TPSA) is 9.23 Å². The molecule has 0 aliphatic heterocycles. The van der Waals surface area contributed by atoms with Crippen LogP contribution in [0.15, 0.2) is 24.5 Å². The van der Waals surface area contributed by atoms with Gasteiger partial charge in [0.2, 0.25) is 0 Å². The smallest absolute Gasteiger partial charge is 0.106 e. The predicted octanol–water partition coefficient (Wildman–Crippen LogP) is 1.87. The van der Waals surface area contributed by atoms with Gasteiger partial charge in [0.25, 0.3) is 0 Å². The minimum atomic E-state index is 0.659. The fourth-order valence-corrected chi connectivity index (χ4v) is 0.559. The number of hydrogen-bond acceptors (Lipinski definition) is 1. The molecule has 1 rings (SSSR count). The Hall–Kier alpha value is -0.720. The van der Waals surface area contributed by atoms with Crippen LogP contribution in [0.25, 0.3) is 0 Å². The first-order valence-electron chi connectivity index (χ1n) is 2.86. The second kappa shape index (κ2) is 2.55. The molecular weight excluding hydrogens is 100 g/mol. The van der Waals surface area contributed by atoms with Gasteiger partial charge >= 0.3 is 0 Å². The van der Waals surface area contributed by atoms with Crippen LogP contribution < -0.4 is 0 Å². The zero-order valence-electron chi connectivity index (χ0n) is 4.89. The minimum absolute atomic E-state index is 0.659. The lowest BCUT2D eigenvalue weighted by Crippen LogP contribution is -1.98. The first-order valence-corrected chi connectivity index (χ1v) is 2.86. The molecule has 1 aliphatic carbocycles. The SMILES string of the molecule is C=CCOC1=CCC1. The maximum Gasteiger partial charge on any atom is 0.106 e. The molecule has 0 aromatic carbocycles. The first kappa shape index (κ1) is 5.42. The number of rotatable bonds is 3. The number of allylic oxidation sites excluding steroid dienone is 2. The third-order valence-corrected chi connectivity index (χ3v) is 1.15. The van der Waals surface area contributed by atoms with E-state index in [1.807, 2.05) is 0 Å². The van der Waals surface area contributed by atoms with Crippen LogP contribution in [0.2, 0.25) is 0 Å². The average Bonchev–Trinajstić information content (AvgIpc) is 1.63. The lowest BCUT2D eigenvalue weighted by molar-refractivity contribution is 0.222. The van der Waals surface area contributed by atoms with E-state index in [9.17, 15) is 0 Å². The summed E-state index contributed by atoms with van der Waals surface area (Å²) in [5.74, 6) is 1.13. The fraction of sp³-hybridized carbons (Fsp3) is 0.429. The predicted molar refractivity (Wildman–Crippen MR) is 33.5 cm³/mol. The minimum Gasteiger partial charge on any atom is -0.494 e. The van der Waals surface area contributed by atoms with Crippen molar-refractivity contribution in [2.24, 2.45) is 0 Å². The first-order chi connectivity index (χ1) is 3.93. The third kappa shape index (κ3) is 1.12. The summed E-state index contributed by atoms with van der Waals surface area (Å²) in [4.78, 5) is 0. The highest BCUT2D eigenvalue weighted by molar-refractivity contribution is 5.04. The standard InChI is InChI=1S/C7H10O/c1-2-6-8-7-4-3-5-7/h2,4H,1,3,5-6H2. The number of ether oxygens (including phenoxy) is 1. The zero-order chi connectivity index (χ0) is 5.82. The summed E-state index contributed by atoms with van der Waals surface area (Å²) in [5, 5.41) is 0. The Morgan fingerprint density at radius 1 is 1.88 bits per heavy atom. The quantitative estimate of drug-likeness (QED) is 0.504. The van der Waals surface area contributed by atoms with Crippen LogP contribution in [0.3, 0.4) is 0 Å². The van der Waals surface area contributed by atoms with Crippen molar-refractivity contribution in [2.75, 3.05) is 6.61 Å². The van der Waals surface area contributed by atoms with Crippen molar-refractivity contribution in [2.45, 2.75) is 12.8 Å². The summed E-state index contributed by atoms with van der Waals surface area (Å²) in [6.45, 7) is 4.20. The van der Waals surface area contributed by atoms with E-state index >= 15 is 0 Å². The van der Waals surface area contributed by atoms with Crippen molar-refractivity contribution in [3.63, 3.8) is 0 Å². The Morgan fingerprint density at radius 3 is 3.00 bits per heavy atom. The normalized spacial score (nSPS) is 16.2. The van der Waals surface area contributed by atoms with E-state index in [0.29, 0.717) is 6.61 Å². The second-order valence-corrected chi connectivity index (χ2v) is 1.81. The van der Waals surface area contributed by atoms with Crippen LogP contribution >= 0.6 is 0 Å². The Kier molecular flexibility index (Phi) is 1.73. The average molecular weight is 110 g/mol. The van der Waals surface area contributed by atoms with Gasteiger partial charge in [0.1, 0.15) is 6.61 Å². The Balaban J connectivity index is 2.10. The molecule has 0 bridgehead atoms. The van der Waals surface area contributed by atoms with E-state index in [1.165, 1.54) is 6.42 Å². The molecule has 1 nitrogen and oxygen atoms in total. The Morgan fingerprint density at radius 2 is 2.62 bits per heavy atom. The molecule has 0 atom stereocenters. The molecule has 0 aromatic heterocycles. The highest BCUT2D eigenvalue weighted by Gasteiger charge is 2.03. The van der Waals surface area contributed by atoms with Gasteiger partial charge in [-0.2, -0.15) is 0 Å². The summed E-state index contributed by atoms with van der Waals surface area (Å²) in [5.41, 5.74) is 0. The lowest BCUT2D eigenvalue weighted by atomic mass is 10.1. The van der Waals surface area contributed by atoms with E-state index in [4.69, 9.17) is 4.74 Å². The van der Waals surface area contributed by atoms with Crippen LogP contribution in [0.5, 0.6) is 0 Å². The zero-order valence-corrected chi connectivity index (χ0v) is 4.89. The van der Waals surface area contributed by atoms with Gasteiger partial charge in [-0.1, -0.05) is 12.7 Å². The molecule has 1 aliphatic rings. The largest absolute Gasteiger partial charge is 0.494 e. The highest BCUT2D eigenvalue weighted by atomic mass is 16.5. The summed E-state index contributed by atoms with van der Waals surface area (Å²) in [6.07, 6.45) is 6.17. The van der Waals surface area contributed by atoms with Crippen molar-refractivity contribution in [1.29, 1.82) is 0 Å². The monoisotopic (exact) mass is 110 g/mol. The molecule has 0 heterocycles. The molecule has 0 unspecified atom stereocenters. The molecule has 0 spiro atoms. The van der Waals surface area contributed by atoms with E-state index in [2.05, 4.69) is 12.7 Å². The van der Waals surface area contributed by atoms with Gasteiger partial charge in [0.05, 0.1) is 5.76 Å². The maximum atomic E-state index is 5.17. The molecule has 44 valence electrons. The van der Waals surface area contributed by atoms with Gasteiger partial charge in [-0.25, -0.2) is 0 Å². The van der Waals surface area contributed by atoms with Gasteiger partial charge < -0.3 is 4.74 Å². The van der Waals surface area contributed by atoms with E-state index in [0.717, 1.165) is 12.2 Å². The molecule has 0 radical (unpaired) electrons. The molecule has 0 amide bonds. The molecule has 0 saturated heterocycles. The summed E-state index contributed by atoms with van der Waals surface area (Å²) in [7, 11) is 0. The summed E-state index contributed by atoms with van der Waals surface area (Å²) < 4.78 is 5.17. The van der Waals surface area contributed by atoms with E-state index in [1.54, 1.807) is 6.08 Å². The van der Waals surface area contributed by atoms with Gasteiger partial charge in [-0.05, 0) is 12.5 Å². The van der Waals surface area contributed by atoms with Gasteiger partial charge in [-0.3, -0.25) is 0 Å². The lowest BCUT2D eigenvalue weighted by Gasteiger charge is -2.13. The summed E-state index contributed by atoms with van der Waals surface area (Å²) >= 11 is 0. The fourth-order valence-electron chi connectivity index (χ4n) is 0.559. The highest BCUT2D eigenvalue weighted by Crippen LogP contribution is 2.18. The van der Waals surface area contributed by atoms with Crippen molar-refractivity contribution in [3.05, 3.63) is 24.5 Å². The molecule has 8 heavy (non-hydrogen) atoms. The van der Waals surface area contributed by atoms with Crippen LogP contribution in [0.4, 0.5) is 0 Å². The number of hydrogen-bond donors (Lipinski definition) is 0. The van der Waals surface area contributed by atoms with Gasteiger partial charge in [0.15, 0.2) is 0 Å². The van der Waals surface area contributed by atoms with E-state index < -0.39 is 0 Å². The van der Waals surface area contributed by atoms with E-state index in [-0.39, 0.29) is 0 Å². The maximum absolute atomic E-state index is 5.17. The molecular formula is C7H10O. The molecule has 0 fully saturated rings. The molecule has 0 saturated carbocycles. The van der Waals surface area contributed by atoms with Gasteiger partial charge in [-0.15, -0.1) is 0 Å². The summed E-state index contributed by atoms with van der Waals surface area (Å²) in [6, 6.07) is 0. The van der Waals surface area contributed by atoms with Crippen molar-refractivity contribution in [3.8, 4) is 0 Å². The van der Waals surface area contributed by atoms with Crippen LogP contribution in [0, 0.1) is 0 Å². The Labute approximate surface area is 49.7 Å². The van der Waals surface area contributed by atoms with Gasteiger partial charge in [0, 0.05) is 6.42 Å². The van der Waals surface area contributed by atoms with Crippen molar-refractivity contribution < 1.29 is 4.74 Å². The van der Waals surface area contributed by atoms with Crippen LogP contribution in [-0.2, 0) is 4.74 Å². The molecule has 0 aromatic rings. The van der Waals surface area contributed by atoms with Crippen LogP contribution in [0.1, 0.15) is 12.8 Å². The Bertz CT molecular complexity index is 114. The molecule has 1 heteroatoms. The van der Waals surface area contributed by atoms with Crippen molar-refractivity contribution >= 4 is 0 Å². The third-order valence-electron chi connectivity index (χ3n) is 1.15. The second-order valence-electron chi connectivity index (χ2n) is 1.81. The van der Waals surface area contributed by atoms with Crippen molar-refractivity contribution in [1.82, 2.24) is 0 Å². The molecule has 0 N–H and O–H groups in total.